The summed E-state index contributed by atoms with van der Waals surface area (Å²) in [5.41, 5.74) is 2.48. The quantitative estimate of drug-likeness (QED) is 0.691. The average Bonchev–Trinajstić information content (AvgIpc) is 3.12. The molecular weight excluding hydrogens is 324 g/mol. The van der Waals surface area contributed by atoms with Gasteiger partial charge in [0.25, 0.3) is 0 Å². The molecule has 3 nitrogen and oxygen atoms in total. The van der Waals surface area contributed by atoms with E-state index in [1.807, 2.05) is 0 Å². The Labute approximate surface area is 157 Å². The van der Waals surface area contributed by atoms with E-state index in [0.717, 1.165) is 31.0 Å². The zero-order valence-corrected chi connectivity index (χ0v) is 16.0. The molecule has 0 aromatic carbocycles. The molecule has 0 bridgehead atoms. The van der Waals surface area contributed by atoms with Crippen LogP contribution >= 0.6 is 0 Å². The summed E-state index contributed by atoms with van der Waals surface area (Å²) < 4.78 is 17.5. The zero-order valence-electron chi connectivity index (χ0n) is 16.0. The molecule has 26 heavy (non-hydrogen) atoms. The lowest BCUT2D eigenvalue weighted by molar-refractivity contribution is -0.1000. The Morgan fingerprint density at radius 1 is 1.15 bits per heavy atom. The number of ether oxygens (including phenoxy) is 3. The molecule has 0 aromatic heterocycles. The number of hydrogen-bond donors (Lipinski definition) is 0. The van der Waals surface area contributed by atoms with Crippen LogP contribution in [0.5, 0.6) is 0 Å². The number of hydrogen-bond acceptors (Lipinski definition) is 3. The summed E-state index contributed by atoms with van der Waals surface area (Å²) in [5.74, 6) is 2.43. The fourth-order valence-electron chi connectivity index (χ4n) is 7.44. The van der Waals surface area contributed by atoms with Gasteiger partial charge < -0.3 is 14.2 Å². The van der Waals surface area contributed by atoms with Gasteiger partial charge in [0, 0.05) is 0 Å². The second kappa shape index (κ2) is 5.68. The van der Waals surface area contributed by atoms with Crippen LogP contribution in [0.4, 0.5) is 0 Å². The van der Waals surface area contributed by atoms with Gasteiger partial charge in [0.1, 0.15) is 12.2 Å². The summed E-state index contributed by atoms with van der Waals surface area (Å²) in [4.78, 5) is 0. The molecule has 3 heteroatoms. The zero-order chi connectivity index (χ0) is 17.4. The third kappa shape index (κ3) is 2.23. The molecule has 2 heterocycles. The van der Waals surface area contributed by atoms with Crippen LogP contribution in [0.15, 0.2) is 23.8 Å². The third-order valence-corrected chi connectivity index (χ3v) is 8.96. The Kier molecular flexibility index (Phi) is 3.57. The van der Waals surface area contributed by atoms with Crippen molar-refractivity contribution in [2.45, 2.75) is 76.8 Å². The van der Waals surface area contributed by atoms with Crippen LogP contribution in [0.3, 0.4) is 0 Å². The van der Waals surface area contributed by atoms with Crippen molar-refractivity contribution in [3.05, 3.63) is 23.8 Å². The summed E-state index contributed by atoms with van der Waals surface area (Å²) in [5, 5.41) is 0. The maximum absolute atomic E-state index is 6.43. The SMILES string of the molecule is C[C@]12CCCC=C1C=C[C@H]1[C@@H]3CCC[C@@]3(COC3CO[C@H]4OC34)CC[C@@H]12. The lowest BCUT2D eigenvalue weighted by Gasteiger charge is -2.56. The van der Waals surface area contributed by atoms with Crippen LogP contribution in [0.25, 0.3) is 0 Å². The molecule has 0 amide bonds. The van der Waals surface area contributed by atoms with E-state index in [9.17, 15) is 0 Å². The van der Waals surface area contributed by atoms with Crippen molar-refractivity contribution in [2.24, 2.45) is 28.6 Å². The Balaban J connectivity index is 1.25. The Morgan fingerprint density at radius 3 is 2.96 bits per heavy atom. The topological polar surface area (TPSA) is 31.0 Å². The van der Waals surface area contributed by atoms with E-state index < -0.39 is 0 Å². The molecule has 4 aliphatic carbocycles. The van der Waals surface area contributed by atoms with Gasteiger partial charge >= 0.3 is 0 Å². The molecule has 2 saturated carbocycles. The Morgan fingerprint density at radius 2 is 2.12 bits per heavy atom. The maximum atomic E-state index is 6.43. The van der Waals surface area contributed by atoms with Crippen LogP contribution in [0.1, 0.15) is 58.3 Å². The van der Waals surface area contributed by atoms with Gasteiger partial charge in [0.2, 0.25) is 0 Å². The summed E-state index contributed by atoms with van der Waals surface area (Å²) >= 11 is 0. The molecule has 0 N–H and O–H groups in total. The highest BCUT2D eigenvalue weighted by atomic mass is 16.8. The van der Waals surface area contributed by atoms with E-state index in [4.69, 9.17) is 14.2 Å². The number of fused-ring (bicyclic) bond motifs is 6. The van der Waals surface area contributed by atoms with Crippen molar-refractivity contribution >= 4 is 0 Å². The van der Waals surface area contributed by atoms with E-state index in [-0.39, 0.29) is 18.5 Å². The second-order valence-corrected chi connectivity index (χ2v) is 10.1. The minimum atomic E-state index is 0.0466. The summed E-state index contributed by atoms with van der Waals surface area (Å²) in [6, 6.07) is 0. The molecule has 0 aromatic rings. The first-order valence-electron chi connectivity index (χ1n) is 11.0. The van der Waals surface area contributed by atoms with Gasteiger partial charge in [-0.15, -0.1) is 0 Å². The molecule has 2 aliphatic heterocycles. The lowest BCUT2D eigenvalue weighted by Crippen LogP contribution is -2.49. The Hall–Kier alpha value is -0.640. The van der Waals surface area contributed by atoms with Gasteiger partial charge in [-0.3, -0.25) is 0 Å². The standard InChI is InChI=1S/C23H32O3/c1-22-10-3-2-5-15(22)7-8-16-17(22)9-12-23(11-4-6-18(16)23)14-25-19-13-24-21-20(19)26-21/h5,7-8,16-21H,2-4,6,9-14H2,1H3/t16-,17+,18+,19?,20?,21+,22+,23+/m1/s1. The fourth-order valence-corrected chi connectivity index (χ4v) is 7.44. The molecule has 4 fully saturated rings. The van der Waals surface area contributed by atoms with E-state index >= 15 is 0 Å². The first kappa shape index (κ1) is 16.3. The van der Waals surface area contributed by atoms with Gasteiger partial charge in [-0.1, -0.05) is 31.6 Å². The first-order valence-corrected chi connectivity index (χ1v) is 11.0. The highest BCUT2D eigenvalue weighted by Gasteiger charge is 2.58. The summed E-state index contributed by atoms with van der Waals surface area (Å²) in [6.07, 6.45) is 19.0. The monoisotopic (exact) mass is 356 g/mol. The molecule has 142 valence electrons. The molecule has 6 rings (SSSR count). The molecule has 0 spiro atoms. The van der Waals surface area contributed by atoms with Crippen molar-refractivity contribution in [2.75, 3.05) is 13.2 Å². The molecule has 2 unspecified atom stereocenters. The smallest absolute Gasteiger partial charge is 0.187 e. The normalized spacial score (nSPS) is 54.1. The van der Waals surface area contributed by atoms with Gasteiger partial charge in [-0.2, -0.15) is 0 Å². The van der Waals surface area contributed by atoms with Crippen molar-refractivity contribution < 1.29 is 14.2 Å². The van der Waals surface area contributed by atoms with Crippen LogP contribution in [-0.2, 0) is 14.2 Å². The van der Waals surface area contributed by atoms with Gasteiger partial charge in [-0.05, 0) is 79.1 Å². The molecule has 8 atom stereocenters. The molecular formula is C23H32O3. The van der Waals surface area contributed by atoms with E-state index in [1.54, 1.807) is 5.57 Å². The third-order valence-electron chi connectivity index (χ3n) is 8.96. The van der Waals surface area contributed by atoms with Gasteiger partial charge in [-0.25, -0.2) is 0 Å². The molecule has 2 saturated heterocycles. The van der Waals surface area contributed by atoms with Gasteiger partial charge in [0.05, 0.1) is 13.2 Å². The van der Waals surface area contributed by atoms with Crippen LogP contribution in [-0.4, -0.2) is 31.7 Å². The minimum absolute atomic E-state index is 0.0466. The first-order chi connectivity index (χ1) is 12.7. The fraction of sp³-hybridized carbons (Fsp3) is 0.826. The number of epoxide rings is 1. The number of allylic oxidation sites excluding steroid dienone is 4. The Bertz CT molecular complexity index is 654. The van der Waals surface area contributed by atoms with Crippen molar-refractivity contribution in [1.29, 1.82) is 0 Å². The molecule has 6 aliphatic rings. The van der Waals surface area contributed by atoms with Crippen molar-refractivity contribution in [3.8, 4) is 0 Å². The maximum Gasteiger partial charge on any atom is 0.187 e. The largest absolute Gasteiger partial charge is 0.372 e. The summed E-state index contributed by atoms with van der Waals surface area (Å²) in [6.45, 7) is 4.22. The predicted molar refractivity (Wildman–Crippen MR) is 99.5 cm³/mol. The highest BCUT2D eigenvalue weighted by Crippen LogP contribution is 2.64. The van der Waals surface area contributed by atoms with E-state index in [1.165, 1.54) is 51.4 Å². The van der Waals surface area contributed by atoms with Crippen LogP contribution in [0.2, 0.25) is 0 Å². The predicted octanol–water partition coefficient (Wildman–Crippen LogP) is 4.63. The van der Waals surface area contributed by atoms with Crippen molar-refractivity contribution in [3.63, 3.8) is 0 Å². The van der Waals surface area contributed by atoms with Gasteiger partial charge in [0.15, 0.2) is 6.29 Å². The van der Waals surface area contributed by atoms with E-state index in [2.05, 4.69) is 25.2 Å². The number of rotatable bonds is 3. The lowest BCUT2D eigenvalue weighted by atomic mass is 9.49. The van der Waals surface area contributed by atoms with Crippen molar-refractivity contribution in [1.82, 2.24) is 0 Å². The summed E-state index contributed by atoms with van der Waals surface area (Å²) in [7, 11) is 0. The van der Waals surface area contributed by atoms with Crippen LogP contribution in [0, 0.1) is 28.6 Å². The van der Waals surface area contributed by atoms with E-state index in [0.29, 0.717) is 10.8 Å². The second-order valence-electron chi connectivity index (χ2n) is 10.1. The average molecular weight is 357 g/mol. The minimum Gasteiger partial charge on any atom is -0.372 e. The van der Waals surface area contributed by atoms with Crippen LogP contribution < -0.4 is 0 Å². The highest BCUT2D eigenvalue weighted by molar-refractivity contribution is 5.35. The molecule has 0 radical (unpaired) electrons.